The molecule has 0 fully saturated rings. The average Bonchev–Trinajstić information content (AvgIpc) is 2.45. The number of halogens is 1. The van der Waals surface area contributed by atoms with Crippen molar-refractivity contribution in [2.75, 3.05) is 18.9 Å². The lowest BCUT2D eigenvalue weighted by molar-refractivity contribution is 0.0952. The van der Waals surface area contributed by atoms with Gasteiger partial charge in [0.2, 0.25) is 0 Å². The van der Waals surface area contributed by atoms with Gasteiger partial charge >= 0.3 is 0 Å². The molecule has 0 atom stereocenters. The second-order valence-corrected chi connectivity index (χ2v) is 6.06. The average molecular weight is 312 g/mol. The van der Waals surface area contributed by atoms with Crippen molar-refractivity contribution in [2.45, 2.75) is 46.0 Å². The Morgan fingerprint density at radius 1 is 1.29 bits per heavy atom. The van der Waals surface area contributed by atoms with Crippen LogP contribution in [0.15, 0.2) is 12.3 Å². The van der Waals surface area contributed by atoms with Gasteiger partial charge < -0.3 is 10.6 Å². The van der Waals surface area contributed by atoms with Gasteiger partial charge in [-0.1, -0.05) is 51.1 Å². The third-order valence-electron chi connectivity index (χ3n) is 3.33. The van der Waals surface area contributed by atoms with Gasteiger partial charge in [0.05, 0.1) is 10.6 Å². The van der Waals surface area contributed by atoms with E-state index in [1.165, 1.54) is 25.5 Å². The maximum absolute atomic E-state index is 11.9. The van der Waals surface area contributed by atoms with Crippen LogP contribution >= 0.6 is 11.6 Å². The Hall–Kier alpha value is -1.29. The van der Waals surface area contributed by atoms with Crippen LogP contribution in [0.3, 0.4) is 0 Å². The number of pyridine rings is 1. The first-order valence-electron chi connectivity index (χ1n) is 7.66. The van der Waals surface area contributed by atoms with Gasteiger partial charge in [0.1, 0.15) is 5.82 Å². The van der Waals surface area contributed by atoms with Crippen molar-refractivity contribution in [1.82, 2.24) is 10.3 Å². The molecule has 1 aromatic rings. The van der Waals surface area contributed by atoms with E-state index in [9.17, 15) is 4.79 Å². The van der Waals surface area contributed by atoms with Gasteiger partial charge in [-0.2, -0.15) is 0 Å². The van der Waals surface area contributed by atoms with Crippen LogP contribution in [0.4, 0.5) is 5.82 Å². The molecule has 1 amide bonds. The number of rotatable bonds is 9. The molecule has 1 aromatic heterocycles. The van der Waals surface area contributed by atoms with E-state index >= 15 is 0 Å². The van der Waals surface area contributed by atoms with Crippen molar-refractivity contribution in [1.29, 1.82) is 0 Å². The lowest BCUT2D eigenvalue weighted by Gasteiger charge is -2.07. The van der Waals surface area contributed by atoms with E-state index < -0.39 is 0 Å². The summed E-state index contributed by atoms with van der Waals surface area (Å²) in [5, 5.41) is 6.23. The van der Waals surface area contributed by atoms with Crippen LogP contribution in [-0.4, -0.2) is 24.5 Å². The zero-order valence-electron chi connectivity index (χ0n) is 13.2. The van der Waals surface area contributed by atoms with E-state index in [0.29, 0.717) is 22.9 Å². The monoisotopic (exact) mass is 311 g/mol. The van der Waals surface area contributed by atoms with E-state index in [1.807, 2.05) is 0 Å². The minimum atomic E-state index is -0.116. The third-order valence-corrected chi connectivity index (χ3v) is 3.62. The molecule has 1 rings (SSSR count). The van der Waals surface area contributed by atoms with Gasteiger partial charge in [-0.15, -0.1) is 0 Å². The van der Waals surface area contributed by atoms with Crippen LogP contribution in [0.2, 0.25) is 5.02 Å². The van der Waals surface area contributed by atoms with E-state index in [0.717, 1.165) is 18.8 Å². The fourth-order valence-electron chi connectivity index (χ4n) is 2.08. The van der Waals surface area contributed by atoms with Crippen molar-refractivity contribution in [2.24, 2.45) is 5.92 Å². The summed E-state index contributed by atoms with van der Waals surface area (Å²) >= 11 is 6.01. The van der Waals surface area contributed by atoms with Crippen LogP contribution in [0.1, 0.15) is 56.3 Å². The summed E-state index contributed by atoms with van der Waals surface area (Å²) in [5.41, 5.74) is 0.499. The highest BCUT2D eigenvalue weighted by Crippen LogP contribution is 2.19. The molecule has 0 aromatic carbocycles. The number of nitrogens with one attached hydrogen (secondary N) is 2. The van der Waals surface area contributed by atoms with E-state index in [-0.39, 0.29) is 5.91 Å². The van der Waals surface area contributed by atoms with E-state index in [1.54, 1.807) is 13.1 Å². The Kier molecular flexibility index (Phi) is 8.13. The quantitative estimate of drug-likeness (QED) is 0.675. The molecule has 0 saturated carbocycles. The second kappa shape index (κ2) is 9.61. The number of aromatic nitrogens is 1. The number of hydrogen-bond donors (Lipinski definition) is 2. The molecule has 0 radical (unpaired) electrons. The molecule has 0 unspecified atom stereocenters. The molecule has 0 aliphatic rings. The zero-order chi connectivity index (χ0) is 15.7. The Balaban J connectivity index is 2.23. The summed E-state index contributed by atoms with van der Waals surface area (Å²) < 4.78 is 0. The maximum atomic E-state index is 11.9. The predicted octanol–water partition coefficient (Wildman–Crippen LogP) is 4.11. The topological polar surface area (TPSA) is 54.0 Å². The fraction of sp³-hybridized carbons (Fsp3) is 0.625. The SMILES string of the molecule is CNc1ncc(C(=O)NCCCCCCC(C)C)cc1Cl. The molecule has 4 nitrogen and oxygen atoms in total. The van der Waals surface area contributed by atoms with E-state index in [2.05, 4.69) is 29.5 Å². The lowest BCUT2D eigenvalue weighted by atomic mass is 10.0. The van der Waals surface area contributed by atoms with Crippen LogP contribution in [0.25, 0.3) is 0 Å². The largest absolute Gasteiger partial charge is 0.372 e. The highest BCUT2D eigenvalue weighted by Gasteiger charge is 2.08. The molecule has 0 bridgehead atoms. The van der Waals surface area contributed by atoms with E-state index in [4.69, 9.17) is 11.6 Å². The summed E-state index contributed by atoms with van der Waals surface area (Å²) in [6.45, 7) is 5.20. The highest BCUT2D eigenvalue weighted by atomic mass is 35.5. The molecule has 5 heteroatoms. The molecular weight excluding hydrogens is 286 g/mol. The normalized spacial score (nSPS) is 10.7. The van der Waals surface area contributed by atoms with Crippen molar-refractivity contribution >= 4 is 23.3 Å². The third kappa shape index (κ3) is 6.80. The lowest BCUT2D eigenvalue weighted by Crippen LogP contribution is -2.24. The smallest absolute Gasteiger partial charge is 0.252 e. The highest BCUT2D eigenvalue weighted by molar-refractivity contribution is 6.33. The Morgan fingerprint density at radius 2 is 2.00 bits per heavy atom. The summed E-state index contributed by atoms with van der Waals surface area (Å²) in [6, 6.07) is 1.64. The molecule has 0 saturated heterocycles. The predicted molar refractivity (Wildman–Crippen MR) is 89.0 cm³/mol. The number of carbonyl (C=O) groups excluding carboxylic acids is 1. The van der Waals surface area contributed by atoms with Crippen LogP contribution in [0.5, 0.6) is 0 Å². The van der Waals surface area contributed by atoms with Crippen LogP contribution in [-0.2, 0) is 0 Å². The molecule has 1 heterocycles. The van der Waals surface area contributed by atoms with Gasteiger partial charge in [0.15, 0.2) is 0 Å². The van der Waals surface area contributed by atoms with Crippen molar-refractivity contribution in [3.63, 3.8) is 0 Å². The Labute approximate surface area is 132 Å². The summed E-state index contributed by atoms with van der Waals surface area (Å²) in [4.78, 5) is 16.0. The first-order valence-corrected chi connectivity index (χ1v) is 8.04. The number of hydrogen-bond acceptors (Lipinski definition) is 3. The number of nitrogens with zero attached hydrogens (tertiary/aromatic N) is 1. The maximum Gasteiger partial charge on any atom is 0.252 e. The first-order chi connectivity index (χ1) is 10.0. The number of carbonyl (C=O) groups is 1. The van der Waals surface area contributed by atoms with Gasteiger partial charge in [-0.3, -0.25) is 4.79 Å². The number of unbranched alkanes of at least 4 members (excludes halogenated alkanes) is 3. The Bertz CT molecular complexity index is 449. The minimum absolute atomic E-state index is 0.116. The number of amides is 1. The van der Waals surface area contributed by atoms with Gasteiger partial charge in [0.25, 0.3) is 5.91 Å². The van der Waals surface area contributed by atoms with Gasteiger partial charge in [-0.25, -0.2) is 4.98 Å². The van der Waals surface area contributed by atoms with Crippen molar-refractivity contribution in [3.8, 4) is 0 Å². The molecule has 0 spiro atoms. The minimum Gasteiger partial charge on any atom is -0.372 e. The first kappa shape index (κ1) is 17.8. The zero-order valence-corrected chi connectivity index (χ0v) is 14.0. The molecule has 2 N–H and O–H groups in total. The molecule has 118 valence electrons. The van der Waals surface area contributed by atoms with Crippen LogP contribution < -0.4 is 10.6 Å². The molecule has 0 aliphatic carbocycles. The number of anilines is 1. The van der Waals surface area contributed by atoms with Crippen molar-refractivity contribution in [3.05, 3.63) is 22.8 Å². The van der Waals surface area contributed by atoms with Gasteiger partial charge in [0, 0.05) is 19.8 Å². The van der Waals surface area contributed by atoms with Gasteiger partial charge in [-0.05, 0) is 18.4 Å². The molecular formula is C16H26ClN3O. The molecule has 21 heavy (non-hydrogen) atoms. The Morgan fingerprint density at radius 3 is 2.62 bits per heavy atom. The van der Waals surface area contributed by atoms with Crippen LogP contribution in [0, 0.1) is 5.92 Å². The van der Waals surface area contributed by atoms with Crippen molar-refractivity contribution < 1.29 is 4.79 Å². The standard InChI is InChI=1S/C16H26ClN3O/c1-12(2)8-6-4-5-7-9-19-16(21)13-10-14(17)15(18-3)20-11-13/h10-12H,4-9H2,1-3H3,(H,18,20)(H,19,21). The fourth-order valence-corrected chi connectivity index (χ4v) is 2.34. The summed E-state index contributed by atoms with van der Waals surface area (Å²) in [7, 11) is 1.74. The summed E-state index contributed by atoms with van der Waals surface area (Å²) in [5.74, 6) is 1.25. The summed E-state index contributed by atoms with van der Waals surface area (Å²) in [6.07, 6.45) is 7.50. The second-order valence-electron chi connectivity index (χ2n) is 5.66. The molecule has 0 aliphatic heterocycles.